The van der Waals surface area contributed by atoms with E-state index in [2.05, 4.69) is 20.8 Å². The van der Waals surface area contributed by atoms with E-state index in [9.17, 15) is 4.79 Å². The number of nitrogens with one attached hydrogen (secondary N) is 2. The standard InChI is InChI=1S/C21H22N4O/c1-21(2,3)23-20(26)16-10-7-11-17(14-16)22-19-13-12-18(24-25-19)15-8-5-4-6-9-15/h4-14H,1-3H3,(H,22,25)(H,23,26). The van der Waals surface area contributed by atoms with Crippen molar-refractivity contribution in [2.75, 3.05) is 5.32 Å². The average Bonchev–Trinajstić information content (AvgIpc) is 2.62. The van der Waals surface area contributed by atoms with Crippen molar-refractivity contribution in [2.24, 2.45) is 0 Å². The van der Waals surface area contributed by atoms with Gasteiger partial charge < -0.3 is 10.6 Å². The monoisotopic (exact) mass is 346 g/mol. The van der Waals surface area contributed by atoms with Gasteiger partial charge in [-0.15, -0.1) is 10.2 Å². The van der Waals surface area contributed by atoms with E-state index in [0.29, 0.717) is 11.4 Å². The van der Waals surface area contributed by atoms with E-state index in [1.807, 2.05) is 75.4 Å². The molecular formula is C21H22N4O. The number of aromatic nitrogens is 2. The molecule has 1 heterocycles. The molecule has 0 aliphatic rings. The van der Waals surface area contributed by atoms with Crippen molar-refractivity contribution in [1.29, 1.82) is 0 Å². The highest BCUT2D eigenvalue weighted by atomic mass is 16.1. The molecule has 0 unspecified atom stereocenters. The summed E-state index contributed by atoms with van der Waals surface area (Å²) in [6, 6.07) is 21.0. The number of carbonyl (C=O) groups is 1. The third kappa shape index (κ3) is 4.66. The van der Waals surface area contributed by atoms with Gasteiger partial charge in [-0.05, 0) is 51.1 Å². The topological polar surface area (TPSA) is 66.9 Å². The summed E-state index contributed by atoms with van der Waals surface area (Å²) in [5, 5.41) is 14.6. The van der Waals surface area contributed by atoms with Crippen LogP contribution in [0.1, 0.15) is 31.1 Å². The number of nitrogens with zero attached hydrogens (tertiary/aromatic N) is 2. The molecule has 0 saturated heterocycles. The molecule has 132 valence electrons. The van der Waals surface area contributed by atoms with Crippen LogP contribution in [0.2, 0.25) is 0 Å². The Balaban J connectivity index is 1.73. The first-order chi connectivity index (χ1) is 12.4. The van der Waals surface area contributed by atoms with Gasteiger partial charge in [0, 0.05) is 22.4 Å². The van der Waals surface area contributed by atoms with Crippen LogP contribution in [-0.4, -0.2) is 21.6 Å². The van der Waals surface area contributed by atoms with Gasteiger partial charge in [-0.2, -0.15) is 0 Å². The highest BCUT2D eigenvalue weighted by Gasteiger charge is 2.15. The number of rotatable bonds is 4. The van der Waals surface area contributed by atoms with Crippen LogP contribution >= 0.6 is 0 Å². The summed E-state index contributed by atoms with van der Waals surface area (Å²) < 4.78 is 0. The van der Waals surface area contributed by atoms with Crippen LogP contribution in [0.4, 0.5) is 11.5 Å². The van der Waals surface area contributed by atoms with Gasteiger partial charge in [0.2, 0.25) is 0 Å². The minimum Gasteiger partial charge on any atom is -0.347 e. The Morgan fingerprint density at radius 1 is 0.885 bits per heavy atom. The smallest absolute Gasteiger partial charge is 0.251 e. The molecule has 2 N–H and O–H groups in total. The van der Waals surface area contributed by atoms with Crippen LogP contribution in [0.15, 0.2) is 66.7 Å². The molecule has 2 aromatic carbocycles. The Labute approximate surface area is 153 Å². The lowest BCUT2D eigenvalue weighted by Gasteiger charge is -2.20. The van der Waals surface area contributed by atoms with Crippen LogP contribution in [0, 0.1) is 0 Å². The van der Waals surface area contributed by atoms with E-state index in [1.54, 1.807) is 12.1 Å². The zero-order valence-electron chi connectivity index (χ0n) is 15.2. The van der Waals surface area contributed by atoms with Crippen molar-refractivity contribution in [2.45, 2.75) is 26.3 Å². The fourth-order valence-corrected chi connectivity index (χ4v) is 2.46. The number of benzene rings is 2. The summed E-state index contributed by atoms with van der Waals surface area (Å²) in [6.07, 6.45) is 0. The fraction of sp³-hybridized carbons (Fsp3) is 0.190. The first kappa shape index (κ1) is 17.6. The Hall–Kier alpha value is -3.21. The predicted octanol–water partition coefficient (Wildman–Crippen LogP) is 4.42. The van der Waals surface area contributed by atoms with E-state index >= 15 is 0 Å². The minimum atomic E-state index is -0.279. The SMILES string of the molecule is CC(C)(C)NC(=O)c1cccc(Nc2ccc(-c3ccccc3)nn2)c1. The molecular weight excluding hydrogens is 324 g/mol. The van der Waals surface area contributed by atoms with Gasteiger partial charge in [0.15, 0.2) is 5.82 Å². The van der Waals surface area contributed by atoms with Crippen molar-refractivity contribution < 1.29 is 4.79 Å². The molecule has 1 aromatic heterocycles. The molecule has 0 saturated carbocycles. The van der Waals surface area contributed by atoms with E-state index in [-0.39, 0.29) is 11.4 Å². The van der Waals surface area contributed by atoms with Crippen molar-refractivity contribution in [1.82, 2.24) is 15.5 Å². The molecule has 0 atom stereocenters. The molecule has 26 heavy (non-hydrogen) atoms. The van der Waals surface area contributed by atoms with Gasteiger partial charge >= 0.3 is 0 Å². The summed E-state index contributed by atoms with van der Waals surface area (Å²) in [5.41, 5.74) is 2.94. The quantitative estimate of drug-likeness (QED) is 0.734. The Bertz CT molecular complexity index is 884. The molecule has 3 rings (SSSR count). The minimum absolute atomic E-state index is 0.105. The van der Waals surface area contributed by atoms with Gasteiger partial charge in [-0.1, -0.05) is 36.4 Å². The first-order valence-electron chi connectivity index (χ1n) is 8.49. The number of anilines is 2. The van der Waals surface area contributed by atoms with E-state index in [0.717, 1.165) is 16.9 Å². The Kier molecular flexibility index (Phi) is 4.98. The zero-order chi connectivity index (χ0) is 18.6. The van der Waals surface area contributed by atoms with Crippen molar-refractivity contribution >= 4 is 17.4 Å². The highest BCUT2D eigenvalue weighted by Crippen LogP contribution is 2.19. The third-order valence-electron chi connectivity index (χ3n) is 3.62. The van der Waals surface area contributed by atoms with E-state index in [4.69, 9.17) is 0 Å². The predicted molar refractivity (Wildman–Crippen MR) is 104 cm³/mol. The second kappa shape index (κ2) is 7.35. The van der Waals surface area contributed by atoms with Crippen LogP contribution in [0.25, 0.3) is 11.3 Å². The maximum Gasteiger partial charge on any atom is 0.251 e. The van der Waals surface area contributed by atoms with Crippen LogP contribution in [0.5, 0.6) is 0 Å². The van der Waals surface area contributed by atoms with Crippen molar-refractivity contribution in [3.05, 3.63) is 72.3 Å². The fourth-order valence-electron chi connectivity index (χ4n) is 2.46. The van der Waals surface area contributed by atoms with E-state index < -0.39 is 0 Å². The first-order valence-corrected chi connectivity index (χ1v) is 8.49. The van der Waals surface area contributed by atoms with Crippen LogP contribution < -0.4 is 10.6 Å². The van der Waals surface area contributed by atoms with Gasteiger partial charge in [-0.3, -0.25) is 4.79 Å². The molecule has 5 heteroatoms. The van der Waals surface area contributed by atoms with Crippen molar-refractivity contribution in [3.8, 4) is 11.3 Å². The number of hydrogen-bond donors (Lipinski definition) is 2. The Morgan fingerprint density at radius 2 is 1.65 bits per heavy atom. The summed E-state index contributed by atoms with van der Waals surface area (Å²) in [6.45, 7) is 5.87. The van der Waals surface area contributed by atoms with Crippen molar-refractivity contribution in [3.63, 3.8) is 0 Å². The molecule has 0 fully saturated rings. The zero-order valence-corrected chi connectivity index (χ0v) is 15.2. The summed E-state index contributed by atoms with van der Waals surface area (Å²) in [5.74, 6) is 0.518. The average molecular weight is 346 g/mol. The van der Waals surface area contributed by atoms with Crippen LogP contribution in [0.3, 0.4) is 0 Å². The lowest BCUT2D eigenvalue weighted by atomic mass is 10.1. The molecule has 0 radical (unpaired) electrons. The summed E-state index contributed by atoms with van der Waals surface area (Å²) in [4.78, 5) is 12.3. The molecule has 0 aliphatic heterocycles. The normalized spacial score (nSPS) is 11.0. The second-order valence-electron chi connectivity index (χ2n) is 7.08. The number of amides is 1. The number of carbonyl (C=O) groups excluding carboxylic acids is 1. The van der Waals surface area contributed by atoms with Crippen LogP contribution in [-0.2, 0) is 0 Å². The number of hydrogen-bond acceptors (Lipinski definition) is 4. The molecule has 0 spiro atoms. The second-order valence-corrected chi connectivity index (χ2v) is 7.08. The van der Waals surface area contributed by atoms with Gasteiger partial charge in [0.1, 0.15) is 0 Å². The molecule has 0 aliphatic carbocycles. The largest absolute Gasteiger partial charge is 0.347 e. The third-order valence-corrected chi connectivity index (χ3v) is 3.62. The van der Waals surface area contributed by atoms with E-state index in [1.165, 1.54) is 0 Å². The lowest BCUT2D eigenvalue weighted by Crippen LogP contribution is -2.40. The Morgan fingerprint density at radius 3 is 2.31 bits per heavy atom. The molecule has 1 amide bonds. The maximum atomic E-state index is 12.3. The molecule has 5 nitrogen and oxygen atoms in total. The van der Waals surface area contributed by atoms with Gasteiger partial charge in [0.25, 0.3) is 5.91 Å². The summed E-state index contributed by atoms with van der Waals surface area (Å²) in [7, 11) is 0. The maximum absolute atomic E-state index is 12.3. The summed E-state index contributed by atoms with van der Waals surface area (Å²) >= 11 is 0. The highest BCUT2D eigenvalue weighted by molar-refractivity contribution is 5.95. The molecule has 3 aromatic rings. The van der Waals surface area contributed by atoms with Gasteiger partial charge in [0.05, 0.1) is 5.69 Å². The molecule has 0 bridgehead atoms. The van der Waals surface area contributed by atoms with Gasteiger partial charge in [-0.25, -0.2) is 0 Å². The lowest BCUT2D eigenvalue weighted by molar-refractivity contribution is 0.0919.